The largest absolute Gasteiger partial charge is 0.493 e. The van der Waals surface area contributed by atoms with E-state index in [0.29, 0.717) is 29.7 Å². The van der Waals surface area contributed by atoms with E-state index in [1.165, 1.54) is 12.1 Å². The van der Waals surface area contributed by atoms with Gasteiger partial charge in [0.2, 0.25) is 5.91 Å². The van der Waals surface area contributed by atoms with Crippen LogP contribution in [-0.4, -0.2) is 67.8 Å². The van der Waals surface area contributed by atoms with Crippen LogP contribution < -0.4 is 14.8 Å². The van der Waals surface area contributed by atoms with Crippen LogP contribution in [0.5, 0.6) is 11.5 Å². The van der Waals surface area contributed by atoms with Gasteiger partial charge >= 0.3 is 0 Å². The molecule has 0 unspecified atom stereocenters. The number of aromatic nitrogens is 2. The molecule has 8 nitrogen and oxygen atoms in total. The highest BCUT2D eigenvalue weighted by atomic mass is 19.1. The highest BCUT2D eigenvalue weighted by molar-refractivity contribution is 6.01. The maximum atomic E-state index is 13.4. The van der Waals surface area contributed by atoms with E-state index in [1.54, 1.807) is 32.7 Å². The zero-order valence-electron chi connectivity index (χ0n) is 24.6. The summed E-state index contributed by atoms with van der Waals surface area (Å²) >= 11 is 0. The molecule has 3 aromatic carbocycles. The topological polar surface area (TPSA) is 85.8 Å². The Bertz CT molecular complexity index is 1570. The average molecular weight is 585 g/mol. The molecule has 1 amide bonds. The fraction of sp³-hybridized carbons (Fsp3) is 0.382. The van der Waals surface area contributed by atoms with Gasteiger partial charge in [-0.15, -0.1) is 0 Å². The van der Waals surface area contributed by atoms with Gasteiger partial charge in [-0.2, -0.15) is 0 Å². The van der Waals surface area contributed by atoms with Crippen LogP contribution in [-0.2, 0) is 14.9 Å². The Labute approximate surface area is 251 Å². The minimum Gasteiger partial charge on any atom is -0.493 e. The molecule has 1 saturated carbocycles. The number of benzene rings is 3. The minimum atomic E-state index is -0.590. The Kier molecular flexibility index (Phi) is 8.54. The predicted octanol–water partition coefficient (Wildman–Crippen LogP) is 5.85. The average Bonchev–Trinajstić information content (AvgIpc) is 3.85. The molecule has 1 N–H and O–H groups in total. The molecular formula is C34H37FN4O4. The van der Waals surface area contributed by atoms with Crippen molar-refractivity contribution in [2.24, 2.45) is 5.92 Å². The van der Waals surface area contributed by atoms with Crippen molar-refractivity contribution in [3.63, 3.8) is 0 Å². The van der Waals surface area contributed by atoms with Gasteiger partial charge in [-0.3, -0.25) is 4.79 Å². The van der Waals surface area contributed by atoms with Crippen LogP contribution in [0.2, 0.25) is 0 Å². The molecule has 224 valence electrons. The number of anilines is 1. The van der Waals surface area contributed by atoms with Crippen LogP contribution in [0, 0.1) is 11.7 Å². The number of halogens is 1. The number of carbonyl (C=O) groups excluding carboxylic acids is 1. The SMILES string of the molecule is COCCN1CCC(COc2cc3ncnc(-c4ccc(NC(=O)C5(c6ccc(F)cc6)CC5)cc4)c3cc2OC)CC1. The molecule has 0 spiro atoms. The Morgan fingerprint density at radius 1 is 1.00 bits per heavy atom. The smallest absolute Gasteiger partial charge is 0.235 e. The summed E-state index contributed by atoms with van der Waals surface area (Å²) < 4.78 is 30.6. The molecule has 4 aromatic rings. The molecule has 9 heteroatoms. The summed E-state index contributed by atoms with van der Waals surface area (Å²) in [6.45, 7) is 4.48. The van der Waals surface area contributed by atoms with Crippen molar-refractivity contribution in [1.29, 1.82) is 0 Å². The van der Waals surface area contributed by atoms with Crippen molar-refractivity contribution in [2.45, 2.75) is 31.1 Å². The van der Waals surface area contributed by atoms with E-state index in [1.807, 2.05) is 36.4 Å². The van der Waals surface area contributed by atoms with Crippen LogP contribution in [0.3, 0.4) is 0 Å². The molecule has 2 fully saturated rings. The van der Waals surface area contributed by atoms with Gasteiger partial charge in [0.25, 0.3) is 0 Å². The Morgan fingerprint density at radius 3 is 2.42 bits per heavy atom. The van der Waals surface area contributed by atoms with E-state index in [-0.39, 0.29) is 11.7 Å². The summed E-state index contributed by atoms with van der Waals surface area (Å²) in [6, 6.07) is 17.7. The second-order valence-corrected chi connectivity index (χ2v) is 11.5. The first-order valence-electron chi connectivity index (χ1n) is 14.8. The van der Waals surface area contributed by atoms with Gasteiger partial charge in [0.15, 0.2) is 11.5 Å². The fourth-order valence-corrected chi connectivity index (χ4v) is 5.87. The highest BCUT2D eigenvalue weighted by Gasteiger charge is 2.51. The van der Waals surface area contributed by atoms with Crippen LogP contribution in [0.15, 0.2) is 67.0 Å². The molecule has 2 heterocycles. The summed E-state index contributed by atoms with van der Waals surface area (Å²) in [6.07, 6.45) is 5.23. The Morgan fingerprint density at radius 2 is 1.74 bits per heavy atom. The van der Waals surface area contributed by atoms with Gasteiger partial charge in [-0.1, -0.05) is 24.3 Å². The number of hydrogen-bond donors (Lipinski definition) is 1. The fourth-order valence-electron chi connectivity index (χ4n) is 5.87. The summed E-state index contributed by atoms with van der Waals surface area (Å²) in [5.74, 6) is 1.42. The number of nitrogens with one attached hydrogen (secondary N) is 1. The monoisotopic (exact) mass is 584 g/mol. The van der Waals surface area contributed by atoms with Crippen LogP contribution in [0.4, 0.5) is 10.1 Å². The van der Waals surface area contributed by atoms with Crippen LogP contribution in [0.1, 0.15) is 31.2 Å². The van der Waals surface area contributed by atoms with Crippen molar-refractivity contribution in [3.05, 3.63) is 78.4 Å². The molecule has 1 aromatic heterocycles. The number of piperidine rings is 1. The van der Waals surface area contributed by atoms with Gasteiger partial charge in [0.05, 0.1) is 36.9 Å². The molecule has 43 heavy (non-hydrogen) atoms. The number of methoxy groups -OCH3 is 2. The maximum Gasteiger partial charge on any atom is 0.235 e. The van der Waals surface area contributed by atoms with Crippen LogP contribution >= 0.6 is 0 Å². The second-order valence-electron chi connectivity index (χ2n) is 11.5. The van der Waals surface area contributed by atoms with E-state index in [2.05, 4.69) is 20.2 Å². The predicted molar refractivity (Wildman–Crippen MR) is 164 cm³/mol. The number of fused-ring (bicyclic) bond motifs is 1. The molecule has 1 saturated heterocycles. The lowest BCUT2D eigenvalue weighted by atomic mass is 9.95. The normalized spacial score (nSPS) is 16.6. The zero-order valence-corrected chi connectivity index (χ0v) is 24.6. The van der Waals surface area contributed by atoms with Gasteiger partial charge < -0.3 is 24.4 Å². The summed E-state index contributed by atoms with van der Waals surface area (Å²) in [5.41, 5.74) is 3.37. The summed E-state index contributed by atoms with van der Waals surface area (Å²) in [4.78, 5) is 24.7. The second kappa shape index (κ2) is 12.7. The molecule has 0 atom stereocenters. The third kappa shape index (κ3) is 6.33. The standard InChI is InChI=1S/C34H37FN4O4/c1-41-18-17-39-15-11-23(12-16-39)21-43-31-20-29-28(19-30(31)42-2)32(37-22-36-29)24-3-9-27(10-4-24)38-33(40)34(13-14-34)25-5-7-26(35)8-6-25/h3-10,19-20,22-23H,11-18,21H2,1-2H3,(H,38,40). The number of hydrogen-bond acceptors (Lipinski definition) is 7. The van der Waals surface area contributed by atoms with E-state index in [4.69, 9.17) is 14.2 Å². The summed E-state index contributed by atoms with van der Waals surface area (Å²) in [7, 11) is 3.38. The van der Waals surface area contributed by atoms with Crippen molar-refractivity contribution in [1.82, 2.24) is 14.9 Å². The van der Waals surface area contributed by atoms with Crippen molar-refractivity contribution >= 4 is 22.5 Å². The Balaban J connectivity index is 1.14. The van der Waals surface area contributed by atoms with Crippen molar-refractivity contribution < 1.29 is 23.4 Å². The number of rotatable bonds is 11. The maximum absolute atomic E-state index is 13.4. The van der Waals surface area contributed by atoms with Crippen molar-refractivity contribution in [3.8, 4) is 22.8 Å². The first-order valence-corrected chi connectivity index (χ1v) is 14.8. The molecule has 0 bridgehead atoms. The summed E-state index contributed by atoms with van der Waals surface area (Å²) in [5, 5.41) is 3.89. The van der Waals surface area contributed by atoms with E-state index < -0.39 is 5.41 Å². The molecule has 2 aliphatic rings. The first kappa shape index (κ1) is 29.0. The number of amides is 1. The van der Waals surface area contributed by atoms with E-state index >= 15 is 0 Å². The number of nitrogens with zero attached hydrogens (tertiary/aromatic N) is 3. The van der Waals surface area contributed by atoms with Crippen LogP contribution in [0.25, 0.3) is 22.2 Å². The number of carbonyl (C=O) groups is 1. The molecule has 6 rings (SSSR count). The molecule has 1 aliphatic heterocycles. The van der Waals surface area contributed by atoms with E-state index in [0.717, 1.165) is 79.6 Å². The number of likely N-dealkylation sites (tertiary alicyclic amines) is 1. The lowest BCUT2D eigenvalue weighted by Crippen LogP contribution is -2.37. The van der Waals surface area contributed by atoms with Gasteiger partial charge in [-0.05, 0) is 80.6 Å². The van der Waals surface area contributed by atoms with Crippen molar-refractivity contribution in [2.75, 3.05) is 52.4 Å². The minimum absolute atomic E-state index is 0.0757. The molecule has 0 radical (unpaired) electrons. The lowest BCUT2D eigenvalue weighted by Gasteiger charge is -2.31. The van der Waals surface area contributed by atoms with Gasteiger partial charge in [0, 0.05) is 36.4 Å². The van der Waals surface area contributed by atoms with E-state index in [9.17, 15) is 9.18 Å². The quantitative estimate of drug-likeness (QED) is 0.237. The first-order chi connectivity index (χ1) is 21.0. The number of ether oxygens (including phenoxy) is 3. The third-order valence-electron chi connectivity index (χ3n) is 8.71. The zero-order chi connectivity index (χ0) is 29.8. The third-order valence-corrected chi connectivity index (χ3v) is 8.71. The molecular weight excluding hydrogens is 547 g/mol. The molecule has 1 aliphatic carbocycles. The van der Waals surface area contributed by atoms with Gasteiger partial charge in [0.1, 0.15) is 12.1 Å². The van der Waals surface area contributed by atoms with Gasteiger partial charge in [-0.25, -0.2) is 14.4 Å². The lowest BCUT2D eigenvalue weighted by molar-refractivity contribution is -0.118. The highest BCUT2D eigenvalue weighted by Crippen LogP contribution is 2.49. The Hall–Kier alpha value is -4.08.